The van der Waals surface area contributed by atoms with Crippen LogP contribution in [0.2, 0.25) is 0 Å². The Morgan fingerprint density at radius 1 is 1.15 bits per heavy atom. The van der Waals surface area contributed by atoms with Gasteiger partial charge in [-0.1, -0.05) is 28.1 Å². The number of hydrogen-bond donors (Lipinski definition) is 1. The minimum absolute atomic E-state index is 0.143. The largest absolute Gasteiger partial charge is 0.382 e. The fraction of sp³-hybridized carbons (Fsp3) is 0.294. The van der Waals surface area contributed by atoms with Crippen LogP contribution < -0.4 is 5.32 Å². The predicted molar refractivity (Wildman–Crippen MR) is 84.7 cm³/mol. The Bertz CT molecular complexity index is 639. The van der Waals surface area contributed by atoms with Gasteiger partial charge in [0.1, 0.15) is 5.82 Å². The highest BCUT2D eigenvalue weighted by Gasteiger charge is 2.18. The van der Waals surface area contributed by atoms with E-state index in [1.807, 2.05) is 12.1 Å². The van der Waals surface area contributed by atoms with Crippen molar-refractivity contribution in [3.8, 4) is 0 Å². The quantitative estimate of drug-likeness (QED) is 0.826. The van der Waals surface area contributed by atoms with E-state index in [9.17, 15) is 4.39 Å². The van der Waals surface area contributed by atoms with E-state index in [0.717, 1.165) is 29.4 Å². The van der Waals surface area contributed by atoms with Crippen molar-refractivity contribution in [3.05, 3.63) is 63.4 Å². The monoisotopic (exact) mass is 333 g/mol. The number of fused-ring (bicyclic) bond motifs is 1. The van der Waals surface area contributed by atoms with E-state index in [1.165, 1.54) is 11.1 Å². The zero-order valence-electron chi connectivity index (χ0n) is 11.4. The average molecular weight is 334 g/mol. The maximum atomic E-state index is 13.6. The molecule has 0 aliphatic heterocycles. The molecular formula is C17H17BrFN. The van der Waals surface area contributed by atoms with Crippen molar-refractivity contribution < 1.29 is 4.39 Å². The van der Waals surface area contributed by atoms with Crippen molar-refractivity contribution in [2.75, 3.05) is 5.32 Å². The van der Waals surface area contributed by atoms with Gasteiger partial charge in [0.05, 0.1) is 0 Å². The lowest BCUT2D eigenvalue weighted by Crippen LogP contribution is -2.27. The number of hydrogen-bond acceptors (Lipinski definition) is 1. The van der Waals surface area contributed by atoms with Crippen LogP contribution in [-0.2, 0) is 12.8 Å². The van der Waals surface area contributed by atoms with Gasteiger partial charge in [-0.05, 0) is 67.1 Å². The molecule has 0 saturated heterocycles. The smallest absolute Gasteiger partial charge is 0.128 e. The first-order chi connectivity index (χ1) is 9.61. The van der Waals surface area contributed by atoms with Crippen molar-refractivity contribution in [3.63, 3.8) is 0 Å². The molecule has 1 aliphatic rings. The van der Waals surface area contributed by atoms with Crippen LogP contribution in [0.5, 0.6) is 0 Å². The van der Waals surface area contributed by atoms with Crippen molar-refractivity contribution in [2.45, 2.75) is 32.2 Å². The van der Waals surface area contributed by atoms with E-state index in [-0.39, 0.29) is 5.82 Å². The molecule has 1 unspecified atom stereocenters. The van der Waals surface area contributed by atoms with Gasteiger partial charge in [-0.2, -0.15) is 0 Å². The maximum absolute atomic E-state index is 13.6. The van der Waals surface area contributed by atoms with Crippen molar-refractivity contribution in [1.82, 2.24) is 0 Å². The summed E-state index contributed by atoms with van der Waals surface area (Å²) in [6.07, 6.45) is 3.15. The molecule has 0 saturated carbocycles. The molecule has 0 amide bonds. The molecule has 3 rings (SSSR count). The number of rotatable bonds is 2. The summed E-state index contributed by atoms with van der Waals surface area (Å²) in [7, 11) is 0. The summed E-state index contributed by atoms with van der Waals surface area (Å²) >= 11 is 3.52. The lowest BCUT2D eigenvalue weighted by molar-refractivity contribution is 0.604. The first kappa shape index (κ1) is 13.6. The Morgan fingerprint density at radius 2 is 2.00 bits per heavy atom. The van der Waals surface area contributed by atoms with Crippen molar-refractivity contribution >= 4 is 21.6 Å². The molecule has 1 N–H and O–H groups in total. The minimum Gasteiger partial charge on any atom is -0.382 e. The Hall–Kier alpha value is -1.35. The highest BCUT2D eigenvalue weighted by molar-refractivity contribution is 9.10. The maximum Gasteiger partial charge on any atom is 0.128 e. The highest BCUT2D eigenvalue weighted by Crippen LogP contribution is 2.26. The van der Waals surface area contributed by atoms with E-state index in [1.54, 1.807) is 13.0 Å². The molecule has 20 heavy (non-hydrogen) atoms. The molecule has 1 aliphatic carbocycles. The van der Waals surface area contributed by atoms with Gasteiger partial charge in [0.25, 0.3) is 0 Å². The Kier molecular flexibility index (Phi) is 3.79. The summed E-state index contributed by atoms with van der Waals surface area (Å²) in [6.45, 7) is 1.79. The zero-order chi connectivity index (χ0) is 14.1. The van der Waals surface area contributed by atoms with E-state index < -0.39 is 0 Å². The van der Waals surface area contributed by atoms with Crippen LogP contribution in [0, 0.1) is 12.7 Å². The first-order valence-electron chi connectivity index (χ1n) is 6.92. The SMILES string of the molecule is Cc1ccc(NC2CCc3cc(Br)ccc3C2)cc1F. The van der Waals surface area contributed by atoms with E-state index >= 15 is 0 Å². The fourth-order valence-electron chi connectivity index (χ4n) is 2.77. The summed E-state index contributed by atoms with van der Waals surface area (Å²) in [5.41, 5.74) is 4.38. The lowest BCUT2D eigenvalue weighted by atomic mass is 9.88. The highest BCUT2D eigenvalue weighted by atomic mass is 79.9. The van der Waals surface area contributed by atoms with Gasteiger partial charge in [0.2, 0.25) is 0 Å². The van der Waals surface area contributed by atoms with Crippen LogP contribution in [0.15, 0.2) is 40.9 Å². The molecule has 2 aromatic carbocycles. The second kappa shape index (κ2) is 5.57. The van der Waals surface area contributed by atoms with E-state index in [2.05, 4.69) is 39.4 Å². The normalized spacial score (nSPS) is 17.6. The number of anilines is 1. The molecule has 0 radical (unpaired) electrons. The van der Waals surface area contributed by atoms with Crippen LogP contribution in [0.25, 0.3) is 0 Å². The topological polar surface area (TPSA) is 12.0 Å². The molecule has 1 nitrogen and oxygen atoms in total. The number of benzene rings is 2. The molecule has 0 bridgehead atoms. The Morgan fingerprint density at radius 3 is 2.80 bits per heavy atom. The van der Waals surface area contributed by atoms with E-state index in [4.69, 9.17) is 0 Å². The molecule has 0 fully saturated rings. The molecule has 1 atom stereocenters. The third-order valence-electron chi connectivity index (χ3n) is 3.94. The fourth-order valence-corrected chi connectivity index (χ4v) is 3.17. The van der Waals surface area contributed by atoms with Gasteiger partial charge in [-0.25, -0.2) is 4.39 Å². The number of aryl methyl sites for hydroxylation is 2. The van der Waals surface area contributed by atoms with Gasteiger partial charge in [-0.3, -0.25) is 0 Å². The predicted octanol–water partition coefficient (Wildman–Crippen LogP) is 4.87. The molecule has 0 spiro atoms. The molecule has 0 aromatic heterocycles. The van der Waals surface area contributed by atoms with Crippen molar-refractivity contribution in [1.29, 1.82) is 0 Å². The van der Waals surface area contributed by atoms with Crippen LogP contribution in [0.3, 0.4) is 0 Å². The zero-order valence-corrected chi connectivity index (χ0v) is 13.0. The molecule has 104 valence electrons. The van der Waals surface area contributed by atoms with E-state index in [0.29, 0.717) is 11.6 Å². The summed E-state index contributed by atoms with van der Waals surface area (Å²) in [5, 5.41) is 3.45. The number of nitrogens with one attached hydrogen (secondary N) is 1. The minimum atomic E-state index is -0.143. The van der Waals surface area contributed by atoms with Crippen LogP contribution in [0.1, 0.15) is 23.1 Å². The summed E-state index contributed by atoms with van der Waals surface area (Å²) in [5.74, 6) is -0.143. The lowest BCUT2D eigenvalue weighted by Gasteiger charge is -2.26. The first-order valence-corrected chi connectivity index (χ1v) is 7.71. The van der Waals surface area contributed by atoms with Gasteiger partial charge in [0.15, 0.2) is 0 Å². The summed E-state index contributed by atoms with van der Waals surface area (Å²) < 4.78 is 14.7. The van der Waals surface area contributed by atoms with Gasteiger partial charge >= 0.3 is 0 Å². The van der Waals surface area contributed by atoms with Crippen LogP contribution in [0.4, 0.5) is 10.1 Å². The third-order valence-corrected chi connectivity index (χ3v) is 4.43. The third kappa shape index (κ3) is 2.88. The second-order valence-corrected chi connectivity index (χ2v) is 6.38. The Labute approximate surface area is 127 Å². The molecule has 0 heterocycles. The van der Waals surface area contributed by atoms with Crippen molar-refractivity contribution in [2.24, 2.45) is 0 Å². The molecular weight excluding hydrogens is 317 g/mol. The number of halogens is 2. The molecule has 2 aromatic rings. The van der Waals surface area contributed by atoms with Gasteiger partial charge in [0, 0.05) is 16.2 Å². The molecule has 3 heteroatoms. The van der Waals surface area contributed by atoms with Gasteiger partial charge in [-0.15, -0.1) is 0 Å². The second-order valence-electron chi connectivity index (χ2n) is 5.46. The summed E-state index contributed by atoms with van der Waals surface area (Å²) in [4.78, 5) is 0. The average Bonchev–Trinajstić information content (AvgIpc) is 2.43. The van der Waals surface area contributed by atoms with Gasteiger partial charge < -0.3 is 5.32 Å². The summed E-state index contributed by atoms with van der Waals surface area (Å²) in [6, 6.07) is 12.2. The Balaban J connectivity index is 1.74. The standard InChI is InChI=1S/C17H17BrFN/c1-11-2-6-16(10-17(11)19)20-15-7-4-12-8-14(18)5-3-13(12)9-15/h2-3,5-6,8,10,15,20H,4,7,9H2,1H3. The van der Waals surface area contributed by atoms with Crippen LogP contribution in [-0.4, -0.2) is 6.04 Å². The van der Waals surface area contributed by atoms with Crippen LogP contribution >= 0.6 is 15.9 Å².